The lowest BCUT2D eigenvalue weighted by molar-refractivity contribution is 0.311. The van der Waals surface area contributed by atoms with Crippen LogP contribution in [0.3, 0.4) is 0 Å². The van der Waals surface area contributed by atoms with E-state index in [2.05, 4.69) is 55.3 Å². The summed E-state index contributed by atoms with van der Waals surface area (Å²) in [4.78, 5) is 2.33. The van der Waals surface area contributed by atoms with Gasteiger partial charge in [0.15, 0.2) is 0 Å². The first-order valence-electron chi connectivity index (χ1n) is 7.20. The largest absolute Gasteiger partial charge is 0.324 e. The van der Waals surface area contributed by atoms with Crippen LogP contribution >= 0.6 is 0 Å². The molecule has 1 unspecified atom stereocenters. The predicted molar refractivity (Wildman–Crippen MR) is 85.5 cm³/mol. The van der Waals surface area contributed by atoms with E-state index in [4.69, 9.17) is 5.73 Å². The van der Waals surface area contributed by atoms with Crippen molar-refractivity contribution in [2.45, 2.75) is 25.9 Å². The van der Waals surface area contributed by atoms with E-state index in [1.54, 1.807) is 0 Å². The Labute approximate surface area is 122 Å². The van der Waals surface area contributed by atoms with E-state index in [0.29, 0.717) is 0 Å². The van der Waals surface area contributed by atoms with Crippen LogP contribution in [0.5, 0.6) is 0 Å². The van der Waals surface area contributed by atoms with E-state index in [9.17, 15) is 0 Å². The Bertz CT molecular complexity index is 522. The van der Waals surface area contributed by atoms with Gasteiger partial charge in [0.2, 0.25) is 0 Å². The number of nitrogens with zero attached hydrogens (tertiary/aromatic N) is 1. The van der Waals surface area contributed by atoms with Gasteiger partial charge in [-0.05, 0) is 38.1 Å². The summed E-state index contributed by atoms with van der Waals surface area (Å²) in [6, 6.07) is 19.1. The smallest absolute Gasteiger partial charge is 0.0307 e. The first-order chi connectivity index (χ1) is 9.65. The Kier molecular flexibility index (Phi) is 5.33. The molecule has 0 aromatic heterocycles. The minimum Gasteiger partial charge on any atom is -0.324 e. The summed E-state index contributed by atoms with van der Waals surface area (Å²) < 4.78 is 0. The zero-order valence-electron chi connectivity index (χ0n) is 12.4. The number of nitrogens with two attached hydrogens (primary N) is 1. The maximum atomic E-state index is 6.23. The molecule has 2 nitrogen and oxygen atoms in total. The van der Waals surface area contributed by atoms with Gasteiger partial charge in [-0.2, -0.15) is 0 Å². The van der Waals surface area contributed by atoms with Crippen molar-refractivity contribution in [3.05, 3.63) is 71.3 Å². The number of benzene rings is 2. The predicted octanol–water partition coefficient (Wildman–Crippen LogP) is 3.52. The average Bonchev–Trinajstić information content (AvgIpc) is 2.46. The number of hydrogen-bond acceptors (Lipinski definition) is 2. The molecule has 0 aliphatic rings. The quantitative estimate of drug-likeness (QED) is 0.868. The van der Waals surface area contributed by atoms with Gasteiger partial charge in [0, 0.05) is 12.6 Å². The maximum absolute atomic E-state index is 6.23. The SMILES string of the molecule is Cc1cccc(CN(C)CCC(N)c2ccccc2)c1. The van der Waals surface area contributed by atoms with E-state index in [1.165, 1.54) is 16.7 Å². The Hall–Kier alpha value is -1.64. The van der Waals surface area contributed by atoms with Gasteiger partial charge >= 0.3 is 0 Å². The molecule has 0 spiro atoms. The van der Waals surface area contributed by atoms with Gasteiger partial charge in [-0.3, -0.25) is 0 Å². The second kappa shape index (κ2) is 7.22. The zero-order chi connectivity index (χ0) is 14.4. The molecule has 2 N–H and O–H groups in total. The standard InChI is InChI=1S/C18H24N2/c1-15-7-6-8-16(13-15)14-20(2)12-11-18(19)17-9-4-3-5-10-17/h3-10,13,18H,11-12,14,19H2,1-2H3. The van der Waals surface area contributed by atoms with Crippen LogP contribution in [-0.2, 0) is 6.54 Å². The van der Waals surface area contributed by atoms with Gasteiger partial charge in [-0.15, -0.1) is 0 Å². The van der Waals surface area contributed by atoms with Gasteiger partial charge < -0.3 is 10.6 Å². The highest BCUT2D eigenvalue weighted by molar-refractivity contribution is 5.22. The summed E-state index contributed by atoms with van der Waals surface area (Å²) in [5, 5.41) is 0. The third-order valence-corrected chi connectivity index (χ3v) is 3.58. The number of hydrogen-bond donors (Lipinski definition) is 1. The average molecular weight is 268 g/mol. The highest BCUT2D eigenvalue weighted by Gasteiger charge is 2.07. The summed E-state index contributed by atoms with van der Waals surface area (Å²) >= 11 is 0. The minimum absolute atomic E-state index is 0.121. The third kappa shape index (κ3) is 4.48. The van der Waals surface area contributed by atoms with Crippen molar-refractivity contribution < 1.29 is 0 Å². The maximum Gasteiger partial charge on any atom is 0.0307 e. The Morgan fingerprint density at radius 1 is 1.05 bits per heavy atom. The van der Waals surface area contributed by atoms with Gasteiger partial charge in [0.05, 0.1) is 0 Å². The molecule has 106 valence electrons. The second-order valence-corrected chi connectivity index (χ2v) is 5.53. The van der Waals surface area contributed by atoms with Crippen LogP contribution in [0, 0.1) is 6.92 Å². The van der Waals surface area contributed by atoms with Crippen molar-refractivity contribution >= 4 is 0 Å². The van der Waals surface area contributed by atoms with E-state index in [0.717, 1.165) is 19.5 Å². The highest BCUT2D eigenvalue weighted by atomic mass is 15.1. The molecule has 1 atom stereocenters. The number of rotatable bonds is 6. The van der Waals surface area contributed by atoms with Crippen LogP contribution in [0.15, 0.2) is 54.6 Å². The molecule has 0 aliphatic heterocycles. The monoisotopic (exact) mass is 268 g/mol. The fourth-order valence-corrected chi connectivity index (χ4v) is 2.43. The Morgan fingerprint density at radius 3 is 2.50 bits per heavy atom. The molecule has 2 aromatic rings. The lowest BCUT2D eigenvalue weighted by Crippen LogP contribution is -2.23. The van der Waals surface area contributed by atoms with Gasteiger partial charge in [0.25, 0.3) is 0 Å². The second-order valence-electron chi connectivity index (χ2n) is 5.53. The summed E-state index contributed by atoms with van der Waals surface area (Å²) in [5.41, 5.74) is 10.1. The molecule has 0 heterocycles. The molecule has 0 aliphatic carbocycles. The Balaban J connectivity index is 1.82. The van der Waals surface area contributed by atoms with Crippen molar-refractivity contribution in [1.29, 1.82) is 0 Å². The summed E-state index contributed by atoms with van der Waals surface area (Å²) in [5.74, 6) is 0. The van der Waals surface area contributed by atoms with Gasteiger partial charge in [-0.1, -0.05) is 60.2 Å². The molecule has 0 saturated carbocycles. The van der Waals surface area contributed by atoms with E-state index >= 15 is 0 Å². The van der Waals surface area contributed by atoms with E-state index in [-0.39, 0.29) is 6.04 Å². The first-order valence-corrected chi connectivity index (χ1v) is 7.20. The lowest BCUT2D eigenvalue weighted by atomic mass is 10.0. The lowest BCUT2D eigenvalue weighted by Gasteiger charge is -2.20. The van der Waals surface area contributed by atoms with Crippen molar-refractivity contribution in [2.75, 3.05) is 13.6 Å². The fourth-order valence-electron chi connectivity index (χ4n) is 2.43. The highest BCUT2D eigenvalue weighted by Crippen LogP contribution is 2.14. The van der Waals surface area contributed by atoms with Gasteiger partial charge in [-0.25, -0.2) is 0 Å². The van der Waals surface area contributed by atoms with E-state index in [1.807, 2.05) is 18.2 Å². The molecule has 0 amide bonds. The molecule has 2 heteroatoms. The molecule has 0 radical (unpaired) electrons. The van der Waals surface area contributed by atoms with Crippen LogP contribution < -0.4 is 5.73 Å². The molecule has 2 rings (SSSR count). The zero-order valence-corrected chi connectivity index (χ0v) is 12.4. The normalized spacial score (nSPS) is 12.6. The van der Waals surface area contributed by atoms with Crippen LogP contribution in [0.25, 0.3) is 0 Å². The topological polar surface area (TPSA) is 29.3 Å². The van der Waals surface area contributed by atoms with Crippen molar-refractivity contribution in [1.82, 2.24) is 4.90 Å². The minimum atomic E-state index is 0.121. The fraction of sp³-hybridized carbons (Fsp3) is 0.333. The molecule has 0 bridgehead atoms. The molecular formula is C18H24N2. The first kappa shape index (κ1) is 14.8. The van der Waals surface area contributed by atoms with Crippen LogP contribution in [0.1, 0.15) is 29.2 Å². The van der Waals surface area contributed by atoms with Crippen LogP contribution in [-0.4, -0.2) is 18.5 Å². The molecular weight excluding hydrogens is 244 g/mol. The summed E-state index contributed by atoms with van der Waals surface area (Å²) in [7, 11) is 2.15. The van der Waals surface area contributed by atoms with Crippen molar-refractivity contribution in [2.24, 2.45) is 5.73 Å². The third-order valence-electron chi connectivity index (χ3n) is 3.58. The van der Waals surface area contributed by atoms with Crippen LogP contribution in [0.2, 0.25) is 0 Å². The number of aryl methyl sites for hydroxylation is 1. The Morgan fingerprint density at radius 2 is 1.80 bits per heavy atom. The molecule has 2 aromatic carbocycles. The molecule has 0 saturated heterocycles. The summed E-state index contributed by atoms with van der Waals surface area (Å²) in [6.07, 6.45) is 0.979. The van der Waals surface area contributed by atoms with Crippen LogP contribution in [0.4, 0.5) is 0 Å². The summed E-state index contributed by atoms with van der Waals surface area (Å²) in [6.45, 7) is 4.11. The molecule has 20 heavy (non-hydrogen) atoms. The van der Waals surface area contributed by atoms with E-state index < -0.39 is 0 Å². The molecule has 0 fully saturated rings. The van der Waals surface area contributed by atoms with Crippen molar-refractivity contribution in [3.8, 4) is 0 Å². The van der Waals surface area contributed by atoms with Crippen molar-refractivity contribution in [3.63, 3.8) is 0 Å². The van der Waals surface area contributed by atoms with Gasteiger partial charge in [0.1, 0.15) is 0 Å².